The molecule has 1 aromatic carbocycles. The first kappa shape index (κ1) is 19.6. The van der Waals surface area contributed by atoms with E-state index in [0.717, 1.165) is 13.0 Å². The lowest BCUT2D eigenvalue weighted by atomic mass is 9.91. The number of carbonyl (C=O) groups excluding carboxylic acids is 2. The van der Waals surface area contributed by atoms with Gasteiger partial charge in [0, 0.05) is 23.8 Å². The lowest BCUT2D eigenvalue weighted by Crippen LogP contribution is -2.51. The van der Waals surface area contributed by atoms with Gasteiger partial charge in [-0.05, 0) is 44.4 Å². The molecule has 1 aliphatic rings. The predicted octanol–water partition coefficient (Wildman–Crippen LogP) is 2.31. The van der Waals surface area contributed by atoms with E-state index in [4.69, 9.17) is 5.73 Å². The molecule has 2 atom stereocenters. The molecule has 0 spiro atoms. The number of piperidine rings is 1. The number of hydrogen-bond donors (Lipinski definition) is 2. The number of hydrogen-bond acceptors (Lipinski definition) is 4. The molecule has 23 heavy (non-hydrogen) atoms. The predicted molar refractivity (Wildman–Crippen MR) is 95.1 cm³/mol. The summed E-state index contributed by atoms with van der Waals surface area (Å²) in [6.07, 6.45) is 2.27. The average Bonchev–Trinajstić information content (AvgIpc) is 2.47. The summed E-state index contributed by atoms with van der Waals surface area (Å²) in [7, 11) is 0. The van der Waals surface area contributed by atoms with Crippen LogP contribution in [0.4, 0.5) is 5.69 Å². The third kappa shape index (κ3) is 5.30. The molecule has 0 bridgehead atoms. The summed E-state index contributed by atoms with van der Waals surface area (Å²) in [4.78, 5) is 25.8. The fourth-order valence-corrected chi connectivity index (χ4v) is 3.11. The Morgan fingerprint density at radius 3 is 2.78 bits per heavy atom. The molecule has 0 radical (unpaired) electrons. The maximum atomic E-state index is 12.3. The molecule has 1 amide bonds. The Kier molecular flexibility index (Phi) is 7.68. The topological polar surface area (TPSA) is 75.4 Å². The van der Waals surface area contributed by atoms with Gasteiger partial charge >= 0.3 is 0 Å². The Morgan fingerprint density at radius 2 is 2.13 bits per heavy atom. The highest BCUT2D eigenvalue weighted by Gasteiger charge is 2.28. The van der Waals surface area contributed by atoms with Gasteiger partial charge in [-0.25, -0.2) is 0 Å². The number of rotatable bonds is 5. The Morgan fingerprint density at radius 1 is 1.39 bits per heavy atom. The molecule has 128 valence electrons. The van der Waals surface area contributed by atoms with Crippen molar-refractivity contribution in [2.75, 3.05) is 25.0 Å². The Balaban J connectivity index is 0.00000264. The number of nitrogens with two attached hydrogens (primary N) is 1. The number of carbonyl (C=O) groups is 2. The van der Waals surface area contributed by atoms with Gasteiger partial charge in [0.25, 0.3) is 0 Å². The van der Waals surface area contributed by atoms with Crippen molar-refractivity contribution in [2.24, 2.45) is 11.7 Å². The van der Waals surface area contributed by atoms with E-state index >= 15 is 0 Å². The van der Waals surface area contributed by atoms with Gasteiger partial charge in [-0.2, -0.15) is 0 Å². The number of ketones is 1. The van der Waals surface area contributed by atoms with Crippen LogP contribution in [0.5, 0.6) is 0 Å². The zero-order valence-electron chi connectivity index (χ0n) is 13.7. The number of anilines is 1. The van der Waals surface area contributed by atoms with Crippen molar-refractivity contribution >= 4 is 29.8 Å². The highest BCUT2D eigenvalue weighted by molar-refractivity contribution is 5.97. The van der Waals surface area contributed by atoms with Crippen molar-refractivity contribution < 1.29 is 9.59 Å². The van der Waals surface area contributed by atoms with Crippen molar-refractivity contribution in [3.8, 4) is 0 Å². The van der Waals surface area contributed by atoms with E-state index in [1.807, 2.05) is 0 Å². The SMILES string of the molecule is CC(=O)c1cccc(NC(=O)CN2CCCC(C)C2CN)c1.Cl. The number of nitrogens with zero attached hydrogens (tertiary/aromatic N) is 1. The molecular weight excluding hydrogens is 314 g/mol. The quantitative estimate of drug-likeness (QED) is 0.807. The molecule has 2 rings (SSSR count). The third-order valence-corrected chi connectivity index (χ3v) is 4.37. The van der Waals surface area contributed by atoms with Gasteiger partial charge < -0.3 is 11.1 Å². The van der Waals surface area contributed by atoms with Crippen LogP contribution in [0, 0.1) is 5.92 Å². The van der Waals surface area contributed by atoms with E-state index in [1.54, 1.807) is 24.3 Å². The van der Waals surface area contributed by atoms with E-state index in [2.05, 4.69) is 17.1 Å². The van der Waals surface area contributed by atoms with E-state index < -0.39 is 0 Å². The minimum Gasteiger partial charge on any atom is -0.329 e. The van der Waals surface area contributed by atoms with Gasteiger partial charge in [0.1, 0.15) is 0 Å². The first-order valence-electron chi connectivity index (χ1n) is 7.86. The molecular formula is C17H26ClN3O2. The van der Waals surface area contributed by atoms with E-state index in [1.165, 1.54) is 13.3 Å². The Bertz CT molecular complexity index is 550. The van der Waals surface area contributed by atoms with Crippen LogP contribution in [0.15, 0.2) is 24.3 Å². The maximum absolute atomic E-state index is 12.3. The molecule has 0 aromatic heterocycles. The number of halogens is 1. The number of Topliss-reactive ketones (excluding diaryl/α,β-unsaturated/α-hetero) is 1. The number of benzene rings is 1. The van der Waals surface area contributed by atoms with Crippen LogP contribution in [0.25, 0.3) is 0 Å². The van der Waals surface area contributed by atoms with Gasteiger partial charge in [0.05, 0.1) is 6.54 Å². The summed E-state index contributed by atoms with van der Waals surface area (Å²) in [5.41, 5.74) is 7.12. The largest absolute Gasteiger partial charge is 0.329 e. The van der Waals surface area contributed by atoms with Crippen molar-refractivity contribution in [1.82, 2.24) is 4.90 Å². The van der Waals surface area contributed by atoms with Gasteiger partial charge in [0.15, 0.2) is 5.78 Å². The summed E-state index contributed by atoms with van der Waals surface area (Å²) in [5, 5.41) is 2.87. The molecule has 5 nitrogen and oxygen atoms in total. The van der Waals surface area contributed by atoms with Crippen LogP contribution in [0.1, 0.15) is 37.0 Å². The molecule has 1 saturated heterocycles. The lowest BCUT2D eigenvalue weighted by Gasteiger charge is -2.38. The summed E-state index contributed by atoms with van der Waals surface area (Å²) >= 11 is 0. The van der Waals surface area contributed by atoms with Gasteiger partial charge in [-0.3, -0.25) is 14.5 Å². The lowest BCUT2D eigenvalue weighted by molar-refractivity contribution is -0.118. The van der Waals surface area contributed by atoms with Crippen molar-refractivity contribution in [3.63, 3.8) is 0 Å². The summed E-state index contributed by atoms with van der Waals surface area (Å²) in [5.74, 6) is 0.449. The maximum Gasteiger partial charge on any atom is 0.238 e. The highest BCUT2D eigenvalue weighted by Crippen LogP contribution is 2.22. The molecule has 3 N–H and O–H groups in total. The molecule has 1 aliphatic heterocycles. The molecule has 6 heteroatoms. The second-order valence-electron chi connectivity index (χ2n) is 6.08. The molecule has 0 saturated carbocycles. The van der Waals surface area contributed by atoms with Crippen molar-refractivity contribution in [2.45, 2.75) is 32.7 Å². The zero-order valence-corrected chi connectivity index (χ0v) is 14.6. The van der Waals surface area contributed by atoms with Crippen LogP contribution in [-0.4, -0.2) is 42.3 Å². The second kappa shape index (κ2) is 9.01. The standard InChI is InChI=1S/C17H25N3O2.ClH/c1-12-5-4-8-20(16(12)10-18)11-17(22)19-15-7-3-6-14(9-15)13(2)21;/h3,6-7,9,12,16H,4-5,8,10-11,18H2,1-2H3,(H,19,22);1H. The van der Waals surface area contributed by atoms with Crippen LogP contribution >= 0.6 is 12.4 Å². The molecule has 1 fully saturated rings. The molecule has 1 aromatic rings. The monoisotopic (exact) mass is 339 g/mol. The van der Waals surface area contributed by atoms with Gasteiger partial charge in [-0.1, -0.05) is 19.1 Å². The normalized spacial score (nSPS) is 21.3. The third-order valence-electron chi connectivity index (χ3n) is 4.37. The number of likely N-dealkylation sites (tertiary alicyclic amines) is 1. The van der Waals surface area contributed by atoms with Crippen LogP contribution < -0.4 is 11.1 Å². The number of amides is 1. The second-order valence-corrected chi connectivity index (χ2v) is 6.08. The fourth-order valence-electron chi connectivity index (χ4n) is 3.11. The van der Waals surface area contributed by atoms with E-state index in [-0.39, 0.29) is 30.1 Å². The Hall–Kier alpha value is -1.43. The highest BCUT2D eigenvalue weighted by atomic mass is 35.5. The fraction of sp³-hybridized carbons (Fsp3) is 0.529. The van der Waals surface area contributed by atoms with Gasteiger partial charge in [-0.15, -0.1) is 12.4 Å². The smallest absolute Gasteiger partial charge is 0.238 e. The Labute approximate surface area is 144 Å². The summed E-state index contributed by atoms with van der Waals surface area (Å²) in [6.45, 7) is 5.54. The van der Waals surface area contributed by atoms with Crippen LogP contribution in [-0.2, 0) is 4.79 Å². The summed E-state index contributed by atoms with van der Waals surface area (Å²) in [6, 6.07) is 7.29. The minimum absolute atomic E-state index is 0. The first-order chi connectivity index (χ1) is 10.5. The van der Waals surface area contributed by atoms with Crippen LogP contribution in [0.3, 0.4) is 0 Å². The van der Waals surface area contributed by atoms with Gasteiger partial charge in [0.2, 0.25) is 5.91 Å². The van der Waals surface area contributed by atoms with Crippen LogP contribution in [0.2, 0.25) is 0 Å². The number of nitrogens with one attached hydrogen (secondary N) is 1. The molecule has 1 heterocycles. The zero-order chi connectivity index (χ0) is 16.1. The minimum atomic E-state index is -0.0618. The van der Waals surface area contributed by atoms with E-state index in [9.17, 15) is 9.59 Å². The molecule has 2 unspecified atom stereocenters. The van der Waals surface area contributed by atoms with Crippen molar-refractivity contribution in [1.29, 1.82) is 0 Å². The average molecular weight is 340 g/mol. The summed E-state index contributed by atoms with van der Waals surface area (Å²) < 4.78 is 0. The van der Waals surface area contributed by atoms with Crippen molar-refractivity contribution in [3.05, 3.63) is 29.8 Å². The molecule has 0 aliphatic carbocycles. The van der Waals surface area contributed by atoms with E-state index in [0.29, 0.717) is 30.3 Å². The first-order valence-corrected chi connectivity index (χ1v) is 7.86.